The van der Waals surface area contributed by atoms with Crippen molar-refractivity contribution in [2.24, 2.45) is 5.73 Å². The van der Waals surface area contributed by atoms with Gasteiger partial charge >= 0.3 is 5.97 Å². The van der Waals surface area contributed by atoms with Crippen molar-refractivity contribution in [2.75, 3.05) is 32.8 Å². The van der Waals surface area contributed by atoms with Crippen LogP contribution in [0.5, 0.6) is 11.5 Å². The van der Waals surface area contributed by atoms with Gasteiger partial charge in [0.05, 0.1) is 27.8 Å². The summed E-state index contributed by atoms with van der Waals surface area (Å²) in [4.78, 5) is 11.0. The number of nitrogens with two attached hydrogens (primary N) is 1. The Labute approximate surface area is 123 Å². The van der Waals surface area contributed by atoms with E-state index in [1.165, 1.54) is 7.11 Å². The molecule has 0 saturated carbocycles. The number of methoxy groups -OCH3 is 3. The third-order valence-corrected chi connectivity index (χ3v) is 3.90. The van der Waals surface area contributed by atoms with Crippen LogP contribution in [0.25, 0.3) is 0 Å². The van der Waals surface area contributed by atoms with Gasteiger partial charge in [-0.25, -0.2) is 0 Å². The summed E-state index contributed by atoms with van der Waals surface area (Å²) in [5.74, 6) is 2.65. The molecule has 1 aromatic rings. The number of ether oxygens (including phenoxy) is 3. The summed E-state index contributed by atoms with van der Waals surface area (Å²) in [5.41, 5.74) is 7.08. The van der Waals surface area contributed by atoms with Crippen molar-refractivity contribution in [2.45, 2.75) is 12.5 Å². The molecule has 1 atom stereocenters. The summed E-state index contributed by atoms with van der Waals surface area (Å²) in [6.07, 6.45) is 0.396. The summed E-state index contributed by atoms with van der Waals surface area (Å²) in [6.45, 7) is 0. The van der Waals surface area contributed by atoms with Crippen LogP contribution >= 0.6 is 11.8 Å². The van der Waals surface area contributed by atoms with Gasteiger partial charge in [-0.3, -0.25) is 4.79 Å². The highest BCUT2D eigenvalue weighted by atomic mass is 32.2. The Morgan fingerprint density at radius 3 is 2.65 bits per heavy atom. The van der Waals surface area contributed by atoms with Gasteiger partial charge in [-0.1, -0.05) is 6.07 Å². The maximum Gasteiger partial charge on any atom is 0.306 e. The molecule has 0 spiro atoms. The van der Waals surface area contributed by atoms with E-state index in [4.69, 9.17) is 15.2 Å². The van der Waals surface area contributed by atoms with E-state index in [1.807, 2.05) is 18.2 Å². The molecule has 6 heteroatoms. The molecule has 1 aromatic carbocycles. The number of carbonyl (C=O) groups excluding carboxylic acids is 1. The minimum absolute atomic E-state index is 0.154. The van der Waals surface area contributed by atoms with Crippen LogP contribution in [-0.2, 0) is 9.53 Å². The monoisotopic (exact) mass is 299 g/mol. The first kappa shape index (κ1) is 16.7. The first-order valence-corrected chi connectivity index (χ1v) is 7.40. The van der Waals surface area contributed by atoms with Gasteiger partial charge in [-0.2, -0.15) is 11.8 Å². The average Bonchev–Trinajstić information content (AvgIpc) is 2.50. The zero-order valence-electron chi connectivity index (χ0n) is 12.0. The van der Waals surface area contributed by atoms with Crippen molar-refractivity contribution < 1.29 is 19.0 Å². The van der Waals surface area contributed by atoms with Gasteiger partial charge in [-0.05, 0) is 6.07 Å². The number of benzene rings is 1. The van der Waals surface area contributed by atoms with Gasteiger partial charge in [0.15, 0.2) is 0 Å². The largest absolute Gasteiger partial charge is 0.497 e. The Balaban J connectivity index is 2.54. The fourth-order valence-corrected chi connectivity index (χ4v) is 2.59. The number of hydrogen-bond donors (Lipinski definition) is 1. The van der Waals surface area contributed by atoms with E-state index >= 15 is 0 Å². The highest BCUT2D eigenvalue weighted by Gasteiger charge is 2.13. The zero-order chi connectivity index (χ0) is 15.0. The molecule has 0 radical (unpaired) electrons. The lowest BCUT2D eigenvalue weighted by molar-refractivity contribution is -0.140. The van der Waals surface area contributed by atoms with Gasteiger partial charge in [-0.15, -0.1) is 0 Å². The molecular weight excluding hydrogens is 278 g/mol. The van der Waals surface area contributed by atoms with Gasteiger partial charge in [0.2, 0.25) is 0 Å². The molecule has 112 valence electrons. The number of thioether (sulfide) groups is 1. The van der Waals surface area contributed by atoms with Crippen molar-refractivity contribution in [3.63, 3.8) is 0 Å². The van der Waals surface area contributed by atoms with Crippen LogP contribution in [0.2, 0.25) is 0 Å². The third kappa shape index (κ3) is 4.94. The first-order chi connectivity index (χ1) is 9.62. The maximum absolute atomic E-state index is 11.0. The van der Waals surface area contributed by atoms with E-state index in [2.05, 4.69) is 4.74 Å². The van der Waals surface area contributed by atoms with Crippen LogP contribution in [0.15, 0.2) is 18.2 Å². The second-order valence-electron chi connectivity index (χ2n) is 4.12. The van der Waals surface area contributed by atoms with Gasteiger partial charge in [0.25, 0.3) is 0 Å². The molecule has 0 saturated heterocycles. The lowest BCUT2D eigenvalue weighted by atomic mass is 10.1. The predicted octanol–water partition coefficient (Wildman–Crippen LogP) is 2.00. The van der Waals surface area contributed by atoms with Gasteiger partial charge in [0, 0.05) is 29.2 Å². The van der Waals surface area contributed by atoms with E-state index in [0.717, 1.165) is 11.3 Å². The normalized spacial score (nSPS) is 11.8. The zero-order valence-corrected chi connectivity index (χ0v) is 12.9. The van der Waals surface area contributed by atoms with Crippen molar-refractivity contribution in [1.29, 1.82) is 0 Å². The van der Waals surface area contributed by atoms with E-state index in [1.54, 1.807) is 26.0 Å². The smallest absolute Gasteiger partial charge is 0.306 e. The Kier molecular flexibility index (Phi) is 7.25. The third-order valence-electron chi connectivity index (χ3n) is 2.82. The Morgan fingerprint density at radius 2 is 2.05 bits per heavy atom. The average molecular weight is 299 g/mol. The van der Waals surface area contributed by atoms with Crippen molar-refractivity contribution >= 4 is 17.7 Å². The molecule has 0 aromatic heterocycles. The molecule has 0 bridgehead atoms. The molecule has 0 aliphatic heterocycles. The minimum Gasteiger partial charge on any atom is -0.497 e. The van der Waals surface area contributed by atoms with Gasteiger partial charge in [0.1, 0.15) is 11.5 Å². The molecule has 20 heavy (non-hydrogen) atoms. The fourth-order valence-electron chi connectivity index (χ4n) is 1.68. The molecular formula is C14H21NO4S. The molecule has 0 aliphatic rings. The first-order valence-electron chi connectivity index (χ1n) is 6.24. The number of rotatable bonds is 8. The lowest BCUT2D eigenvalue weighted by Crippen LogP contribution is -2.15. The molecule has 0 aliphatic carbocycles. The summed E-state index contributed by atoms with van der Waals surface area (Å²) >= 11 is 1.62. The van der Waals surface area contributed by atoms with Crippen LogP contribution in [0.3, 0.4) is 0 Å². The van der Waals surface area contributed by atoms with E-state index < -0.39 is 0 Å². The van der Waals surface area contributed by atoms with Crippen LogP contribution in [0.1, 0.15) is 18.0 Å². The summed E-state index contributed by atoms with van der Waals surface area (Å²) in [7, 11) is 4.60. The Hall–Kier alpha value is -1.40. The molecule has 5 nitrogen and oxygen atoms in total. The molecule has 1 unspecified atom stereocenters. The molecule has 0 amide bonds. The van der Waals surface area contributed by atoms with Crippen molar-refractivity contribution in [1.82, 2.24) is 0 Å². The summed E-state index contributed by atoms with van der Waals surface area (Å²) in [5, 5.41) is 0. The molecule has 0 fully saturated rings. The second kappa shape index (κ2) is 8.71. The quantitative estimate of drug-likeness (QED) is 0.585. The van der Waals surface area contributed by atoms with Crippen LogP contribution < -0.4 is 15.2 Å². The summed E-state index contributed by atoms with van der Waals surface area (Å²) in [6, 6.07) is 5.42. The van der Waals surface area contributed by atoms with Crippen molar-refractivity contribution in [3.8, 4) is 11.5 Å². The highest BCUT2D eigenvalue weighted by molar-refractivity contribution is 7.99. The summed E-state index contributed by atoms with van der Waals surface area (Å²) < 4.78 is 15.1. The van der Waals surface area contributed by atoms with Crippen LogP contribution in [0, 0.1) is 0 Å². The highest BCUT2D eigenvalue weighted by Crippen LogP contribution is 2.30. The number of hydrogen-bond acceptors (Lipinski definition) is 6. The van der Waals surface area contributed by atoms with E-state index in [-0.39, 0.29) is 12.0 Å². The predicted molar refractivity (Wildman–Crippen MR) is 80.4 cm³/mol. The van der Waals surface area contributed by atoms with E-state index in [9.17, 15) is 4.79 Å². The lowest BCUT2D eigenvalue weighted by Gasteiger charge is -2.16. The number of carbonyl (C=O) groups is 1. The molecule has 2 N–H and O–H groups in total. The standard InChI is InChI=1S/C14H21NO4S/c1-17-10-4-5-11(13(8-10)18-2)12(15)9-20-7-6-14(16)19-3/h4-5,8,12H,6-7,9,15H2,1-3H3. The Bertz CT molecular complexity index is 439. The fraction of sp³-hybridized carbons (Fsp3) is 0.500. The van der Waals surface area contributed by atoms with Crippen LogP contribution in [-0.4, -0.2) is 38.8 Å². The van der Waals surface area contributed by atoms with Crippen molar-refractivity contribution in [3.05, 3.63) is 23.8 Å². The number of esters is 1. The SMILES string of the molecule is COC(=O)CCSCC(N)c1ccc(OC)cc1OC. The minimum atomic E-state index is -0.201. The van der Waals surface area contributed by atoms with Crippen LogP contribution in [0.4, 0.5) is 0 Å². The van der Waals surface area contributed by atoms with E-state index in [0.29, 0.717) is 23.7 Å². The topological polar surface area (TPSA) is 70.8 Å². The van der Waals surface area contributed by atoms with Gasteiger partial charge < -0.3 is 19.9 Å². The maximum atomic E-state index is 11.0. The Morgan fingerprint density at radius 1 is 1.30 bits per heavy atom. The molecule has 1 rings (SSSR count). The molecule has 0 heterocycles. The second-order valence-corrected chi connectivity index (χ2v) is 5.27.